The van der Waals surface area contributed by atoms with Gasteiger partial charge in [-0.2, -0.15) is 0 Å². The Kier molecular flexibility index (Phi) is 3.19. The van der Waals surface area contributed by atoms with Gasteiger partial charge < -0.3 is 15.4 Å². The highest BCUT2D eigenvalue weighted by atomic mass is 16.5. The summed E-state index contributed by atoms with van der Waals surface area (Å²) in [5.41, 5.74) is 0. The van der Waals surface area contributed by atoms with Crippen molar-refractivity contribution in [2.75, 3.05) is 26.2 Å². The first-order valence-corrected chi connectivity index (χ1v) is 5.42. The first-order chi connectivity index (χ1) is 6.36. The van der Waals surface area contributed by atoms with Crippen molar-refractivity contribution in [3.8, 4) is 0 Å². The second kappa shape index (κ2) is 4.40. The van der Waals surface area contributed by atoms with Gasteiger partial charge in [-0.3, -0.25) is 0 Å². The summed E-state index contributed by atoms with van der Waals surface area (Å²) < 4.78 is 5.60. The fourth-order valence-electron chi connectivity index (χ4n) is 1.84. The van der Waals surface area contributed by atoms with E-state index < -0.39 is 0 Å². The molecule has 13 heavy (non-hydrogen) atoms. The minimum atomic E-state index is 0.440. The smallest absolute Gasteiger partial charge is 0.0712 e. The lowest BCUT2D eigenvalue weighted by Gasteiger charge is -2.23. The number of hydrogen-bond acceptors (Lipinski definition) is 3. The standard InChI is InChI=1S/C10H20N2O/c1-8-6-10(8)12-3-2-9-7-11-4-5-13-9/h8-12H,2-7H2,1H3. The SMILES string of the molecule is CC1CC1NCCC1CNCCO1. The number of ether oxygens (including phenoxy) is 1. The second-order valence-electron chi connectivity index (χ2n) is 4.26. The van der Waals surface area contributed by atoms with E-state index >= 15 is 0 Å². The predicted molar refractivity (Wildman–Crippen MR) is 52.8 cm³/mol. The maximum atomic E-state index is 5.60. The van der Waals surface area contributed by atoms with Gasteiger partial charge in [-0.15, -0.1) is 0 Å². The minimum Gasteiger partial charge on any atom is -0.376 e. The lowest BCUT2D eigenvalue weighted by atomic mass is 10.2. The Labute approximate surface area is 80.2 Å². The molecule has 3 heteroatoms. The molecule has 1 saturated carbocycles. The van der Waals surface area contributed by atoms with E-state index in [1.807, 2.05) is 0 Å². The summed E-state index contributed by atoms with van der Waals surface area (Å²) in [6.45, 7) is 6.34. The lowest BCUT2D eigenvalue weighted by Crippen LogP contribution is -2.40. The normalized spacial score (nSPS) is 39.0. The van der Waals surface area contributed by atoms with Gasteiger partial charge in [-0.1, -0.05) is 6.92 Å². The molecule has 3 unspecified atom stereocenters. The zero-order chi connectivity index (χ0) is 9.10. The fraction of sp³-hybridized carbons (Fsp3) is 1.00. The van der Waals surface area contributed by atoms with Crippen LogP contribution in [0.1, 0.15) is 19.8 Å². The largest absolute Gasteiger partial charge is 0.376 e. The van der Waals surface area contributed by atoms with Crippen molar-refractivity contribution in [2.45, 2.75) is 31.9 Å². The Balaban J connectivity index is 1.51. The van der Waals surface area contributed by atoms with Gasteiger partial charge in [0.1, 0.15) is 0 Å². The van der Waals surface area contributed by atoms with Crippen LogP contribution >= 0.6 is 0 Å². The highest BCUT2D eigenvalue weighted by Crippen LogP contribution is 2.28. The van der Waals surface area contributed by atoms with Crippen molar-refractivity contribution in [3.63, 3.8) is 0 Å². The first kappa shape index (κ1) is 9.44. The monoisotopic (exact) mass is 184 g/mol. The summed E-state index contributed by atoms with van der Waals surface area (Å²) in [5.74, 6) is 0.908. The molecular formula is C10H20N2O. The van der Waals surface area contributed by atoms with E-state index in [0.29, 0.717) is 6.10 Å². The van der Waals surface area contributed by atoms with Gasteiger partial charge in [0, 0.05) is 19.1 Å². The molecule has 2 rings (SSSR count). The third-order valence-corrected chi connectivity index (χ3v) is 2.99. The molecule has 1 aliphatic carbocycles. The van der Waals surface area contributed by atoms with E-state index in [9.17, 15) is 0 Å². The van der Waals surface area contributed by atoms with Gasteiger partial charge in [-0.05, 0) is 25.3 Å². The van der Waals surface area contributed by atoms with Crippen LogP contribution in [0.4, 0.5) is 0 Å². The zero-order valence-electron chi connectivity index (χ0n) is 8.38. The maximum absolute atomic E-state index is 5.60. The molecule has 2 fully saturated rings. The average molecular weight is 184 g/mol. The van der Waals surface area contributed by atoms with Crippen molar-refractivity contribution >= 4 is 0 Å². The third-order valence-electron chi connectivity index (χ3n) is 2.99. The van der Waals surface area contributed by atoms with Crippen LogP contribution in [-0.2, 0) is 4.74 Å². The molecule has 1 aliphatic heterocycles. The van der Waals surface area contributed by atoms with E-state index in [2.05, 4.69) is 17.6 Å². The molecule has 76 valence electrons. The number of nitrogens with one attached hydrogen (secondary N) is 2. The Bertz CT molecular complexity index is 157. The summed E-state index contributed by atoms with van der Waals surface area (Å²) >= 11 is 0. The summed E-state index contributed by atoms with van der Waals surface area (Å²) in [5, 5.41) is 6.89. The maximum Gasteiger partial charge on any atom is 0.0712 e. The molecule has 0 aromatic carbocycles. The Morgan fingerprint density at radius 2 is 2.38 bits per heavy atom. The van der Waals surface area contributed by atoms with Crippen LogP contribution in [0.3, 0.4) is 0 Å². The molecule has 0 aromatic heterocycles. The van der Waals surface area contributed by atoms with Crippen LogP contribution in [0.15, 0.2) is 0 Å². The molecule has 1 saturated heterocycles. The van der Waals surface area contributed by atoms with Gasteiger partial charge in [0.25, 0.3) is 0 Å². The molecule has 2 N–H and O–H groups in total. The van der Waals surface area contributed by atoms with Gasteiger partial charge in [0.15, 0.2) is 0 Å². The fourth-order valence-corrected chi connectivity index (χ4v) is 1.84. The van der Waals surface area contributed by atoms with Crippen molar-refractivity contribution in [2.24, 2.45) is 5.92 Å². The highest BCUT2D eigenvalue weighted by molar-refractivity contribution is 4.89. The molecule has 3 nitrogen and oxygen atoms in total. The highest BCUT2D eigenvalue weighted by Gasteiger charge is 2.31. The summed E-state index contributed by atoms with van der Waals surface area (Å²) in [7, 11) is 0. The van der Waals surface area contributed by atoms with Crippen molar-refractivity contribution in [3.05, 3.63) is 0 Å². The van der Waals surface area contributed by atoms with Crippen LogP contribution in [-0.4, -0.2) is 38.4 Å². The molecule has 0 amide bonds. The summed E-state index contributed by atoms with van der Waals surface area (Å²) in [6, 6.07) is 0.802. The van der Waals surface area contributed by atoms with Gasteiger partial charge >= 0.3 is 0 Å². The van der Waals surface area contributed by atoms with Crippen molar-refractivity contribution < 1.29 is 4.74 Å². The van der Waals surface area contributed by atoms with E-state index in [4.69, 9.17) is 4.74 Å². The molecule has 0 bridgehead atoms. The average Bonchev–Trinajstić information content (AvgIpc) is 2.84. The summed E-state index contributed by atoms with van der Waals surface area (Å²) in [6.07, 6.45) is 2.95. The number of hydrogen-bond donors (Lipinski definition) is 2. The van der Waals surface area contributed by atoms with Crippen LogP contribution in [0, 0.1) is 5.92 Å². The van der Waals surface area contributed by atoms with Crippen molar-refractivity contribution in [1.82, 2.24) is 10.6 Å². The number of rotatable bonds is 4. The van der Waals surface area contributed by atoms with E-state index in [1.165, 1.54) is 6.42 Å². The molecule has 3 atom stereocenters. The Morgan fingerprint density at radius 3 is 3.00 bits per heavy atom. The molecular weight excluding hydrogens is 164 g/mol. The molecule has 0 radical (unpaired) electrons. The molecule has 0 aromatic rings. The predicted octanol–water partition coefficient (Wildman–Crippen LogP) is 0.363. The first-order valence-electron chi connectivity index (χ1n) is 5.42. The van der Waals surface area contributed by atoms with Crippen LogP contribution in [0.25, 0.3) is 0 Å². The zero-order valence-corrected chi connectivity index (χ0v) is 8.38. The quantitative estimate of drug-likeness (QED) is 0.662. The van der Waals surface area contributed by atoms with Crippen LogP contribution in [0.5, 0.6) is 0 Å². The van der Waals surface area contributed by atoms with E-state index in [-0.39, 0.29) is 0 Å². The van der Waals surface area contributed by atoms with E-state index in [0.717, 1.165) is 44.6 Å². The van der Waals surface area contributed by atoms with E-state index in [1.54, 1.807) is 0 Å². The van der Waals surface area contributed by atoms with Crippen molar-refractivity contribution in [1.29, 1.82) is 0 Å². The Hall–Kier alpha value is -0.120. The molecule has 2 aliphatic rings. The second-order valence-corrected chi connectivity index (χ2v) is 4.26. The van der Waals surface area contributed by atoms with Gasteiger partial charge in [-0.25, -0.2) is 0 Å². The Morgan fingerprint density at radius 1 is 1.54 bits per heavy atom. The topological polar surface area (TPSA) is 33.3 Å². The van der Waals surface area contributed by atoms with Gasteiger partial charge in [0.05, 0.1) is 12.7 Å². The van der Waals surface area contributed by atoms with Crippen LogP contribution in [0.2, 0.25) is 0 Å². The third kappa shape index (κ3) is 2.93. The number of morpholine rings is 1. The lowest BCUT2D eigenvalue weighted by molar-refractivity contribution is 0.0238. The van der Waals surface area contributed by atoms with Crippen LogP contribution < -0.4 is 10.6 Å². The molecule has 1 heterocycles. The minimum absolute atomic E-state index is 0.440. The summed E-state index contributed by atoms with van der Waals surface area (Å²) in [4.78, 5) is 0. The molecule has 0 spiro atoms. The van der Waals surface area contributed by atoms with Gasteiger partial charge in [0.2, 0.25) is 0 Å².